The van der Waals surface area contributed by atoms with Gasteiger partial charge in [-0.2, -0.15) is 0 Å². The first kappa shape index (κ1) is 14.8. The number of nitro groups is 1. The van der Waals surface area contributed by atoms with E-state index in [1.165, 1.54) is 19.4 Å². The number of hydrogen-bond donors (Lipinski definition) is 0. The van der Waals surface area contributed by atoms with Crippen LogP contribution in [0.4, 0.5) is 5.82 Å². The first-order valence-corrected chi connectivity index (χ1v) is 6.41. The first-order chi connectivity index (χ1) is 9.45. The fraction of sp³-hybridized carbons (Fsp3) is 0.0833. The van der Waals surface area contributed by atoms with Gasteiger partial charge in [0.1, 0.15) is 6.20 Å². The molecule has 0 radical (unpaired) electrons. The molecule has 1 aromatic heterocycles. The Hall–Kier alpha value is -1.56. The van der Waals surface area contributed by atoms with Crippen molar-refractivity contribution in [2.24, 2.45) is 0 Å². The van der Waals surface area contributed by atoms with Crippen LogP contribution >= 0.6 is 34.8 Å². The van der Waals surface area contributed by atoms with Gasteiger partial charge in [0.25, 0.3) is 0 Å². The van der Waals surface area contributed by atoms with Gasteiger partial charge in [0.15, 0.2) is 0 Å². The quantitative estimate of drug-likeness (QED) is 0.467. The molecule has 0 unspecified atom stereocenters. The Morgan fingerprint density at radius 3 is 2.50 bits per heavy atom. The first-order valence-electron chi connectivity index (χ1n) is 5.28. The fourth-order valence-corrected chi connectivity index (χ4v) is 2.40. The standard InChI is InChI=1S/C12H7Cl3N2O3/c1-20-9-4-6(5-16-12(9)17(18)19)10-7(13)2-3-8(14)11(10)15/h2-5H,1H3. The number of rotatable bonds is 3. The molecule has 0 bridgehead atoms. The fourth-order valence-electron chi connectivity index (χ4n) is 1.65. The van der Waals surface area contributed by atoms with Crippen molar-refractivity contribution in [1.29, 1.82) is 0 Å². The predicted octanol–water partition coefficient (Wildman–Crippen LogP) is 4.63. The van der Waals surface area contributed by atoms with Crippen LogP contribution in [0, 0.1) is 10.1 Å². The van der Waals surface area contributed by atoms with Gasteiger partial charge in [0.05, 0.1) is 22.2 Å². The second-order valence-electron chi connectivity index (χ2n) is 3.73. The maximum Gasteiger partial charge on any atom is 0.406 e. The number of nitrogens with zero attached hydrogens (tertiary/aromatic N) is 2. The summed E-state index contributed by atoms with van der Waals surface area (Å²) in [6.07, 6.45) is 1.30. The average Bonchev–Trinajstić information content (AvgIpc) is 2.43. The normalized spacial score (nSPS) is 10.4. The molecule has 1 heterocycles. The molecule has 2 aromatic rings. The minimum Gasteiger partial charge on any atom is -0.489 e. The molecule has 0 saturated carbocycles. The van der Waals surface area contributed by atoms with E-state index in [4.69, 9.17) is 39.5 Å². The largest absolute Gasteiger partial charge is 0.489 e. The summed E-state index contributed by atoms with van der Waals surface area (Å²) in [4.78, 5) is 13.9. The number of halogens is 3. The van der Waals surface area contributed by atoms with Crippen molar-refractivity contribution in [1.82, 2.24) is 4.98 Å². The van der Waals surface area contributed by atoms with E-state index in [-0.39, 0.29) is 16.6 Å². The number of aromatic nitrogens is 1. The Bertz CT molecular complexity index is 692. The molecule has 0 atom stereocenters. The molecule has 1 aromatic carbocycles. The van der Waals surface area contributed by atoms with E-state index in [2.05, 4.69) is 4.98 Å². The number of benzene rings is 1. The zero-order valence-electron chi connectivity index (χ0n) is 10.1. The maximum absolute atomic E-state index is 10.8. The maximum atomic E-state index is 10.8. The monoisotopic (exact) mass is 332 g/mol. The van der Waals surface area contributed by atoms with Crippen molar-refractivity contribution >= 4 is 40.6 Å². The summed E-state index contributed by atoms with van der Waals surface area (Å²) in [5.74, 6) is -0.370. The smallest absolute Gasteiger partial charge is 0.406 e. The Balaban J connectivity index is 2.66. The molecule has 104 valence electrons. The van der Waals surface area contributed by atoms with E-state index >= 15 is 0 Å². The van der Waals surface area contributed by atoms with E-state index in [1.807, 2.05) is 0 Å². The lowest BCUT2D eigenvalue weighted by atomic mass is 10.1. The zero-order valence-corrected chi connectivity index (χ0v) is 12.3. The number of ether oxygens (including phenoxy) is 1. The highest BCUT2D eigenvalue weighted by Crippen LogP contribution is 2.40. The lowest BCUT2D eigenvalue weighted by Gasteiger charge is -2.08. The van der Waals surface area contributed by atoms with E-state index in [0.29, 0.717) is 21.2 Å². The summed E-state index contributed by atoms with van der Waals surface area (Å²) in [5, 5.41) is 11.7. The van der Waals surface area contributed by atoms with Crippen molar-refractivity contribution in [2.45, 2.75) is 0 Å². The molecule has 0 saturated heterocycles. The van der Waals surface area contributed by atoms with E-state index in [0.717, 1.165) is 0 Å². The predicted molar refractivity (Wildman–Crippen MR) is 77.9 cm³/mol. The molecule has 2 rings (SSSR count). The van der Waals surface area contributed by atoms with Crippen LogP contribution in [0.5, 0.6) is 5.75 Å². The highest BCUT2D eigenvalue weighted by Gasteiger charge is 2.20. The van der Waals surface area contributed by atoms with Crippen molar-refractivity contribution in [3.05, 3.63) is 49.6 Å². The van der Waals surface area contributed by atoms with Gasteiger partial charge in [0.2, 0.25) is 5.75 Å². The molecule has 5 nitrogen and oxygen atoms in total. The minimum atomic E-state index is -0.635. The zero-order chi connectivity index (χ0) is 14.9. The van der Waals surface area contributed by atoms with Crippen LogP contribution in [0.15, 0.2) is 24.4 Å². The summed E-state index contributed by atoms with van der Waals surface area (Å²) < 4.78 is 4.96. The molecule has 8 heteroatoms. The SMILES string of the molecule is COc1cc(-c2c(Cl)ccc(Cl)c2Cl)cnc1[N+](=O)[O-]. The van der Waals surface area contributed by atoms with Gasteiger partial charge < -0.3 is 14.9 Å². The summed E-state index contributed by atoms with van der Waals surface area (Å²) in [5.41, 5.74) is 0.923. The van der Waals surface area contributed by atoms with Crippen LogP contribution in [0.25, 0.3) is 11.1 Å². The minimum absolute atomic E-state index is 0.0135. The second-order valence-corrected chi connectivity index (χ2v) is 4.92. The third-order valence-corrected chi connectivity index (χ3v) is 3.68. The Kier molecular flexibility index (Phi) is 4.32. The highest BCUT2D eigenvalue weighted by molar-refractivity contribution is 6.46. The van der Waals surface area contributed by atoms with Crippen molar-refractivity contribution in [3.63, 3.8) is 0 Å². The molecule has 0 amide bonds. The van der Waals surface area contributed by atoms with Gasteiger partial charge in [-0.05, 0) is 22.0 Å². The summed E-state index contributed by atoms with van der Waals surface area (Å²) in [7, 11) is 1.31. The average molecular weight is 334 g/mol. The summed E-state index contributed by atoms with van der Waals surface area (Å²) >= 11 is 18.1. The lowest BCUT2D eigenvalue weighted by molar-refractivity contribution is -0.390. The molecular formula is C12H7Cl3N2O3. The lowest BCUT2D eigenvalue weighted by Crippen LogP contribution is -1.97. The number of pyridine rings is 1. The third kappa shape index (κ3) is 2.65. The molecular weight excluding hydrogens is 327 g/mol. The van der Waals surface area contributed by atoms with E-state index in [1.54, 1.807) is 12.1 Å². The second kappa shape index (κ2) is 5.83. The molecule has 0 aliphatic rings. The van der Waals surface area contributed by atoms with Crippen molar-refractivity contribution < 1.29 is 9.66 Å². The molecule has 0 N–H and O–H groups in total. The van der Waals surface area contributed by atoms with E-state index < -0.39 is 4.92 Å². The third-order valence-electron chi connectivity index (χ3n) is 2.56. The van der Waals surface area contributed by atoms with Gasteiger partial charge >= 0.3 is 5.82 Å². The number of methoxy groups -OCH3 is 1. The van der Waals surface area contributed by atoms with Gasteiger partial charge in [-0.25, -0.2) is 0 Å². The number of hydrogen-bond acceptors (Lipinski definition) is 4. The molecule has 0 aliphatic carbocycles. The Morgan fingerprint density at radius 1 is 1.25 bits per heavy atom. The van der Waals surface area contributed by atoms with Crippen LogP contribution in [0.2, 0.25) is 15.1 Å². The molecule has 0 fully saturated rings. The van der Waals surface area contributed by atoms with Crippen LogP contribution in [-0.4, -0.2) is 17.0 Å². The Labute approximate surface area is 129 Å². The molecule has 0 aliphatic heterocycles. The van der Waals surface area contributed by atoms with Crippen LogP contribution < -0.4 is 4.74 Å². The van der Waals surface area contributed by atoms with Gasteiger partial charge in [-0.15, -0.1) is 0 Å². The van der Waals surface area contributed by atoms with Gasteiger partial charge in [0, 0.05) is 17.2 Å². The summed E-state index contributed by atoms with van der Waals surface area (Å²) in [6, 6.07) is 4.58. The van der Waals surface area contributed by atoms with Crippen LogP contribution in [0.3, 0.4) is 0 Å². The van der Waals surface area contributed by atoms with Gasteiger partial charge in [-0.1, -0.05) is 34.8 Å². The van der Waals surface area contributed by atoms with Crippen molar-refractivity contribution in [2.75, 3.05) is 7.11 Å². The summed E-state index contributed by atoms with van der Waals surface area (Å²) in [6.45, 7) is 0. The molecule has 20 heavy (non-hydrogen) atoms. The molecule has 0 spiro atoms. The Morgan fingerprint density at radius 2 is 1.90 bits per heavy atom. The highest BCUT2D eigenvalue weighted by atomic mass is 35.5. The van der Waals surface area contributed by atoms with E-state index in [9.17, 15) is 10.1 Å². The van der Waals surface area contributed by atoms with Gasteiger partial charge in [-0.3, -0.25) is 0 Å². The topological polar surface area (TPSA) is 65.3 Å². The van der Waals surface area contributed by atoms with Crippen molar-refractivity contribution in [3.8, 4) is 16.9 Å². The van der Waals surface area contributed by atoms with Crippen LogP contribution in [0.1, 0.15) is 0 Å². The van der Waals surface area contributed by atoms with Crippen LogP contribution in [-0.2, 0) is 0 Å².